The molecular formula is C19H19N5O. The van der Waals surface area contributed by atoms with Gasteiger partial charge in [0.2, 0.25) is 0 Å². The maximum Gasteiger partial charge on any atom is 0.117 e. The largest absolute Gasteiger partial charge is 0.329 e. The summed E-state index contributed by atoms with van der Waals surface area (Å²) in [6, 6.07) is 9.95. The standard InChI is InChI=1S/C19H19N5O/c20-7-10-24-12-17(19(22-24)13-5-8-21-9-6-13)15-1-3-16-14(11-15)2-4-18(16)23-25/h1,3,5-6,8-9,11-12,18H,2,4,7,10,20H2. The van der Waals surface area contributed by atoms with Crippen molar-refractivity contribution in [2.24, 2.45) is 10.9 Å². The van der Waals surface area contributed by atoms with Gasteiger partial charge in [-0.05, 0) is 41.7 Å². The lowest BCUT2D eigenvalue weighted by molar-refractivity contribution is 0.627. The Morgan fingerprint density at radius 2 is 2.04 bits per heavy atom. The Hall–Kier alpha value is -2.86. The molecule has 0 saturated heterocycles. The van der Waals surface area contributed by atoms with Crippen LogP contribution in [0.3, 0.4) is 0 Å². The third kappa shape index (κ3) is 2.85. The van der Waals surface area contributed by atoms with E-state index >= 15 is 0 Å². The first-order valence-corrected chi connectivity index (χ1v) is 8.43. The molecule has 1 atom stereocenters. The Balaban J connectivity index is 1.81. The molecule has 0 spiro atoms. The number of rotatable bonds is 5. The predicted molar refractivity (Wildman–Crippen MR) is 96.8 cm³/mol. The number of aromatic nitrogens is 3. The van der Waals surface area contributed by atoms with Crippen LogP contribution in [-0.2, 0) is 13.0 Å². The zero-order valence-corrected chi connectivity index (χ0v) is 13.8. The molecule has 25 heavy (non-hydrogen) atoms. The Labute approximate surface area is 145 Å². The lowest BCUT2D eigenvalue weighted by Gasteiger charge is -2.07. The van der Waals surface area contributed by atoms with Crippen LogP contribution in [0.4, 0.5) is 0 Å². The van der Waals surface area contributed by atoms with Crippen LogP contribution in [0.5, 0.6) is 0 Å². The third-order valence-electron chi connectivity index (χ3n) is 4.70. The maximum atomic E-state index is 11.0. The van der Waals surface area contributed by atoms with Crippen LogP contribution in [-0.4, -0.2) is 21.3 Å². The average Bonchev–Trinajstić information content (AvgIpc) is 3.26. The molecule has 2 heterocycles. The van der Waals surface area contributed by atoms with Gasteiger partial charge in [0.1, 0.15) is 11.7 Å². The van der Waals surface area contributed by atoms with E-state index in [2.05, 4.69) is 22.3 Å². The van der Waals surface area contributed by atoms with Crippen LogP contribution in [0, 0.1) is 4.91 Å². The van der Waals surface area contributed by atoms with Gasteiger partial charge in [0.25, 0.3) is 0 Å². The molecule has 2 N–H and O–H groups in total. The summed E-state index contributed by atoms with van der Waals surface area (Å²) >= 11 is 0. The highest BCUT2D eigenvalue weighted by molar-refractivity contribution is 5.80. The average molecular weight is 333 g/mol. The summed E-state index contributed by atoms with van der Waals surface area (Å²) in [7, 11) is 0. The molecule has 0 radical (unpaired) electrons. The van der Waals surface area contributed by atoms with Crippen molar-refractivity contribution in [1.82, 2.24) is 14.8 Å². The van der Waals surface area contributed by atoms with Crippen LogP contribution in [0.2, 0.25) is 0 Å². The maximum absolute atomic E-state index is 11.0. The lowest BCUT2D eigenvalue weighted by Crippen LogP contribution is -2.10. The summed E-state index contributed by atoms with van der Waals surface area (Å²) in [5, 5.41) is 7.95. The summed E-state index contributed by atoms with van der Waals surface area (Å²) in [6.45, 7) is 1.20. The van der Waals surface area contributed by atoms with Gasteiger partial charge in [0.05, 0.1) is 6.54 Å². The van der Waals surface area contributed by atoms with Crippen LogP contribution < -0.4 is 5.73 Å². The van der Waals surface area contributed by atoms with Crippen LogP contribution >= 0.6 is 0 Å². The van der Waals surface area contributed by atoms with Crippen molar-refractivity contribution < 1.29 is 0 Å². The molecule has 0 amide bonds. The fourth-order valence-electron chi connectivity index (χ4n) is 3.47. The minimum Gasteiger partial charge on any atom is -0.329 e. The summed E-state index contributed by atoms with van der Waals surface area (Å²) < 4.78 is 1.88. The molecule has 1 unspecified atom stereocenters. The van der Waals surface area contributed by atoms with E-state index in [9.17, 15) is 4.91 Å². The Morgan fingerprint density at radius 3 is 2.80 bits per heavy atom. The molecule has 1 aliphatic carbocycles. The number of pyridine rings is 1. The molecular weight excluding hydrogens is 314 g/mol. The molecule has 1 aromatic carbocycles. The summed E-state index contributed by atoms with van der Waals surface area (Å²) in [5.41, 5.74) is 12.0. The van der Waals surface area contributed by atoms with E-state index in [0.29, 0.717) is 13.1 Å². The van der Waals surface area contributed by atoms with Crippen molar-refractivity contribution in [3.63, 3.8) is 0 Å². The molecule has 0 saturated carbocycles. The number of benzene rings is 1. The first-order chi connectivity index (χ1) is 12.3. The summed E-state index contributed by atoms with van der Waals surface area (Å²) in [6.07, 6.45) is 7.26. The highest BCUT2D eigenvalue weighted by Crippen LogP contribution is 2.38. The fraction of sp³-hybridized carbons (Fsp3) is 0.263. The number of hydrogen-bond acceptors (Lipinski definition) is 5. The van der Waals surface area contributed by atoms with E-state index in [-0.39, 0.29) is 6.04 Å². The van der Waals surface area contributed by atoms with Crippen molar-refractivity contribution in [3.8, 4) is 22.4 Å². The van der Waals surface area contributed by atoms with Gasteiger partial charge in [-0.2, -0.15) is 10.0 Å². The van der Waals surface area contributed by atoms with Gasteiger partial charge in [-0.1, -0.05) is 23.4 Å². The predicted octanol–water partition coefficient (Wildman–Crippen LogP) is 3.32. The monoisotopic (exact) mass is 333 g/mol. The van der Waals surface area contributed by atoms with Crippen molar-refractivity contribution in [2.75, 3.05) is 6.54 Å². The van der Waals surface area contributed by atoms with Crippen LogP contribution in [0.15, 0.2) is 54.1 Å². The van der Waals surface area contributed by atoms with Gasteiger partial charge in [0, 0.05) is 36.3 Å². The summed E-state index contributed by atoms with van der Waals surface area (Å²) in [4.78, 5) is 15.0. The first kappa shape index (κ1) is 15.7. The van der Waals surface area contributed by atoms with Crippen molar-refractivity contribution in [1.29, 1.82) is 0 Å². The smallest absolute Gasteiger partial charge is 0.117 e. The molecule has 6 heteroatoms. The number of aryl methyl sites for hydroxylation is 1. The van der Waals surface area contributed by atoms with E-state index in [1.54, 1.807) is 12.4 Å². The van der Waals surface area contributed by atoms with Crippen molar-refractivity contribution >= 4 is 0 Å². The first-order valence-electron chi connectivity index (χ1n) is 8.43. The Bertz CT molecular complexity index is 903. The molecule has 0 aliphatic heterocycles. The van der Waals surface area contributed by atoms with Gasteiger partial charge in [-0.25, -0.2) is 0 Å². The topological polar surface area (TPSA) is 86.2 Å². The molecule has 2 aromatic heterocycles. The molecule has 0 fully saturated rings. The zero-order chi connectivity index (χ0) is 17.2. The van der Waals surface area contributed by atoms with Gasteiger partial charge in [0.15, 0.2) is 0 Å². The molecule has 6 nitrogen and oxygen atoms in total. The molecule has 126 valence electrons. The molecule has 3 aromatic rings. The van der Waals surface area contributed by atoms with Crippen LogP contribution in [0.25, 0.3) is 22.4 Å². The van der Waals surface area contributed by atoms with Gasteiger partial charge in [-0.3, -0.25) is 9.67 Å². The number of nitrogens with two attached hydrogens (primary N) is 1. The summed E-state index contributed by atoms with van der Waals surface area (Å²) in [5.74, 6) is 0. The van der Waals surface area contributed by atoms with Gasteiger partial charge in [-0.15, -0.1) is 0 Å². The highest BCUT2D eigenvalue weighted by atomic mass is 16.3. The van der Waals surface area contributed by atoms with E-state index in [4.69, 9.17) is 10.8 Å². The molecule has 0 bridgehead atoms. The van der Waals surface area contributed by atoms with E-state index in [1.807, 2.05) is 29.1 Å². The van der Waals surface area contributed by atoms with E-state index in [0.717, 1.165) is 40.8 Å². The van der Waals surface area contributed by atoms with Crippen molar-refractivity contribution in [2.45, 2.75) is 25.4 Å². The Morgan fingerprint density at radius 1 is 1.20 bits per heavy atom. The molecule has 1 aliphatic rings. The van der Waals surface area contributed by atoms with E-state index in [1.165, 1.54) is 5.56 Å². The number of nitroso groups, excluding NO2 is 1. The molecule has 4 rings (SSSR count). The number of nitrogens with zero attached hydrogens (tertiary/aromatic N) is 4. The van der Waals surface area contributed by atoms with Crippen LogP contribution in [0.1, 0.15) is 23.6 Å². The quantitative estimate of drug-likeness (QED) is 0.726. The normalized spacial score (nSPS) is 16.0. The number of hydrogen-bond donors (Lipinski definition) is 1. The second kappa shape index (κ2) is 6.57. The highest BCUT2D eigenvalue weighted by Gasteiger charge is 2.24. The zero-order valence-electron chi connectivity index (χ0n) is 13.8. The SMILES string of the molecule is NCCn1cc(-c2ccc3c(c2)CCC3N=O)c(-c2ccncc2)n1. The van der Waals surface area contributed by atoms with Crippen molar-refractivity contribution in [3.05, 3.63) is 65.0 Å². The second-order valence-electron chi connectivity index (χ2n) is 6.25. The van der Waals surface area contributed by atoms with Gasteiger partial charge >= 0.3 is 0 Å². The van der Waals surface area contributed by atoms with E-state index < -0.39 is 0 Å². The minimum absolute atomic E-state index is 0.205. The third-order valence-corrected chi connectivity index (χ3v) is 4.70. The minimum atomic E-state index is -0.205. The second-order valence-corrected chi connectivity index (χ2v) is 6.25. The fourth-order valence-corrected chi connectivity index (χ4v) is 3.47. The lowest BCUT2D eigenvalue weighted by atomic mass is 9.98. The van der Waals surface area contributed by atoms with Gasteiger partial charge < -0.3 is 5.73 Å². The number of fused-ring (bicyclic) bond motifs is 1. The Kier molecular flexibility index (Phi) is 4.11.